The summed E-state index contributed by atoms with van der Waals surface area (Å²) in [6.07, 6.45) is 0. The normalized spacial score (nSPS) is 16.3. The van der Waals surface area contributed by atoms with E-state index < -0.39 is 0 Å². The van der Waals surface area contributed by atoms with Crippen LogP contribution in [-0.2, 0) is 12.3 Å². The Morgan fingerprint density at radius 3 is 2.56 bits per heavy atom. The zero-order chi connectivity index (χ0) is 18.8. The van der Waals surface area contributed by atoms with Gasteiger partial charge in [-0.1, -0.05) is 11.6 Å². The zero-order valence-electron chi connectivity index (χ0n) is 15.3. The Hall–Kier alpha value is -1.53. The summed E-state index contributed by atoms with van der Waals surface area (Å²) in [6.45, 7) is 5.09. The number of thioether (sulfide) groups is 1. The minimum Gasteiger partial charge on any atom is -0.357 e. The smallest absolute Gasteiger partial charge is 0.123 e. The largest absolute Gasteiger partial charge is 0.357 e. The zero-order valence-corrected chi connectivity index (χ0v) is 16.9. The monoisotopic (exact) mass is 403 g/mol. The fourth-order valence-corrected chi connectivity index (χ4v) is 4.51. The summed E-state index contributed by atoms with van der Waals surface area (Å²) < 4.78 is 13.9. The predicted molar refractivity (Wildman–Crippen MR) is 112 cm³/mol. The van der Waals surface area contributed by atoms with Crippen molar-refractivity contribution in [3.63, 3.8) is 0 Å². The first-order valence-electron chi connectivity index (χ1n) is 9.17. The molecule has 3 nitrogen and oxygen atoms in total. The maximum Gasteiger partial charge on any atom is 0.123 e. The lowest BCUT2D eigenvalue weighted by Crippen LogP contribution is -2.43. The second kappa shape index (κ2) is 8.23. The lowest BCUT2D eigenvalue weighted by molar-refractivity contribution is 0.148. The van der Waals surface area contributed by atoms with Gasteiger partial charge in [0.2, 0.25) is 0 Å². The van der Waals surface area contributed by atoms with Gasteiger partial charge in [-0.2, -0.15) is 0 Å². The van der Waals surface area contributed by atoms with Gasteiger partial charge in [0.1, 0.15) is 5.82 Å². The summed E-state index contributed by atoms with van der Waals surface area (Å²) in [4.78, 5) is 9.51. The molecule has 1 aromatic heterocycles. The number of hydrogen-bond donors (Lipinski definition) is 1. The summed E-state index contributed by atoms with van der Waals surface area (Å²) in [5.74, 6) is 0.638. The lowest BCUT2D eigenvalue weighted by Gasteiger charge is -2.32. The van der Waals surface area contributed by atoms with E-state index in [0.29, 0.717) is 0 Å². The fourth-order valence-electron chi connectivity index (χ4n) is 3.50. The highest BCUT2D eigenvalue weighted by Gasteiger charge is 2.19. The van der Waals surface area contributed by atoms with Crippen molar-refractivity contribution in [3.8, 4) is 0 Å². The molecular weight excluding hydrogens is 381 g/mol. The second-order valence-corrected chi connectivity index (χ2v) is 8.58. The number of aromatic amines is 1. The lowest BCUT2D eigenvalue weighted by atomic mass is 10.1. The van der Waals surface area contributed by atoms with Crippen molar-refractivity contribution in [2.24, 2.45) is 0 Å². The molecule has 2 heterocycles. The minimum atomic E-state index is -0.182. The maximum atomic E-state index is 13.9. The van der Waals surface area contributed by atoms with Gasteiger partial charge in [0, 0.05) is 65.0 Å². The van der Waals surface area contributed by atoms with Crippen molar-refractivity contribution < 1.29 is 4.39 Å². The Kier molecular flexibility index (Phi) is 5.74. The maximum absolute atomic E-state index is 13.9. The summed E-state index contributed by atoms with van der Waals surface area (Å²) in [5.41, 5.74) is 3.40. The number of piperazine rings is 1. The van der Waals surface area contributed by atoms with Crippen LogP contribution >= 0.6 is 23.4 Å². The summed E-state index contributed by atoms with van der Waals surface area (Å²) in [6, 6.07) is 12.9. The van der Waals surface area contributed by atoms with Gasteiger partial charge in [0.25, 0.3) is 0 Å². The molecule has 4 rings (SSSR count). The second-order valence-electron chi connectivity index (χ2n) is 7.09. The van der Waals surface area contributed by atoms with Crippen LogP contribution in [0.1, 0.15) is 11.3 Å². The number of nitrogens with zero attached hydrogens (tertiary/aromatic N) is 2. The molecule has 1 fully saturated rings. The van der Waals surface area contributed by atoms with Crippen LogP contribution in [0.5, 0.6) is 0 Å². The van der Waals surface area contributed by atoms with Gasteiger partial charge < -0.3 is 9.88 Å². The van der Waals surface area contributed by atoms with Crippen molar-refractivity contribution in [2.75, 3.05) is 33.2 Å². The van der Waals surface area contributed by atoms with Gasteiger partial charge in [-0.15, -0.1) is 11.8 Å². The van der Waals surface area contributed by atoms with E-state index in [1.54, 1.807) is 17.8 Å². The Labute approximate surface area is 168 Å². The highest BCUT2D eigenvalue weighted by molar-refractivity contribution is 7.98. The van der Waals surface area contributed by atoms with Crippen LogP contribution in [0.4, 0.5) is 4.39 Å². The topological polar surface area (TPSA) is 22.3 Å². The Morgan fingerprint density at radius 1 is 1.07 bits per heavy atom. The quantitative estimate of drug-likeness (QED) is 0.606. The van der Waals surface area contributed by atoms with E-state index in [2.05, 4.69) is 21.8 Å². The first-order valence-corrected chi connectivity index (χ1v) is 10.5. The average Bonchev–Trinajstić information content (AvgIpc) is 3.00. The molecule has 2 aromatic carbocycles. The molecule has 27 heavy (non-hydrogen) atoms. The van der Waals surface area contributed by atoms with Crippen molar-refractivity contribution in [1.82, 2.24) is 14.8 Å². The standard InChI is InChI=1S/C21H23ClFN3S/c1-25-8-10-26(11-9-25)13-19-18-12-16(23)4-7-20(18)24-21(19)14-27-17-5-2-15(22)3-6-17/h2-7,12,24H,8-11,13-14H2,1H3. The van der Waals surface area contributed by atoms with E-state index in [9.17, 15) is 4.39 Å². The number of hydrogen-bond acceptors (Lipinski definition) is 3. The van der Waals surface area contributed by atoms with Crippen LogP contribution in [0.25, 0.3) is 10.9 Å². The first-order chi connectivity index (χ1) is 13.1. The van der Waals surface area contributed by atoms with Crippen molar-refractivity contribution >= 4 is 34.3 Å². The summed E-state index contributed by atoms with van der Waals surface area (Å²) in [7, 11) is 2.16. The van der Waals surface area contributed by atoms with E-state index in [-0.39, 0.29) is 5.82 Å². The third kappa shape index (κ3) is 4.49. The average molecular weight is 404 g/mol. The molecule has 0 spiro atoms. The van der Waals surface area contributed by atoms with E-state index in [4.69, 9.17) is 11.6 Å². The fraction of sp³-hybridized carbons (Fsp3) is 0.333. The van der Waals surface area contributed by atoms with Gasteiger partial charge in [-0.25, -0.2) is 4.39 Å². The molecule has 1 N–H and O–H groups in total. The molecule has 0 radical (unpaired) electrons. The number of nitrogens with one attached hydrogen (secondary N) is 1. The Balaban J connectivity index is 1.59. The minimum absolute atomic E-state index is 0.182. The van der Waals surface area contributed by atoms with Crippen LogP contribution in [0, 0.1) is 5.82 Å². The molecule has 1 saturated heterocycles. The molecule has 0 bridgehead atoms. The van der Waals surface area contributed by atoms with E-state index in [0.717, 1.165) is 54.4 Å². The van der Waals surface area contributed by atoms with Crippen LogP contribution in [0.15, 0.2) is 47.4 Å². The van der Waals surface area contributed by atoms with Crippen LogP contribution in [-0.4, -0.2) is 48.0 Å². The van der Waals surface area contributed by atoms with Gasteiger partial charge in [0.05, 0.1) is 0 Å². The van der Waals surface area contributed by atoms with Crippen molar-refractivity contribution in [2.45, 2.75) is 17.2 Å². The molecule has 1 aliphatic rings. The van der Waals surface area contributed by atoms with Crippen molar-refractivity contribution in [1.29, 1.82) is 0 Å². The van der Waals surface area contributed by atoms with Gasteiger partial charge in [-0.05, 0) is 55.1 Å². The molecule has 3 aromatic rings. The number of halogens is 2. The highest BCUT2D eigenvalue weighted by Crippen LogP contribution is 2.31. The SMILES string of the molecule is CN1CCN(Cc2c(CSc3ccc(Cl)cc3)[nH]c3ccc(F)cc23)CC1. The molecule has 6 heteroatoms. The molecule has 0 atom stereocenters. The summed E-state index contributed by atoms with van der Waals surface area (Å²) in [5, 5.41) is 1.75. The van der Waals surface area contributed by atoms with E-state index in [1.807, 2.05) is 30.3 Å². The van der Waals surface area contributed by atoms with Crippen LogP contribution in [0.2, 0.25) is 5.02 Å². The number of H-pyrrole nitrogens is 1. The molecule has 142 valence electrons. The number of likely N-dealkylation sites (N-methyl/N-ethyl adjacent to an activating group) is 1. The van der Waals surface area contributed by atoms with Gasteiger partial charge >= 0.3 is 0 Å². The van der Waals surface area contributed by atoms with Gasteiger partial charge in [0.15, 0.2) is 0 Å². The predicted octanol–water partition coefficient (Wildman–Crippen LogP) is 5.00. The van der Waals surface area contributed by atoms with E-state index in [1.165, 1.54) is 22.2 Å². The molecule has 0 aliphatic carbocycles. The number of aromatic nitrogens is 1. The molecule has 0 saturated carbocycles. The van der Waals surface area contributed by atoms with Crippen LogP contribution < -0.4 is 0 Å². The number of benzene rings is 2. The van der Waals surface area contributed by atoms with Gasteiger partial charge in [-0.3, -0.25) is 4.90 Å². The third-order valence-electron chi connectivity index (χ3n) is 5.13. The third-order valence-corrected chi connectivity index (χ3v) is 6.42. The highest BCUT2D eigenvalue weighted by atomic mass is 35.5. The Bertz CT molecular complexity index is 917. The number of rotatable bonds is 5. The summed E-state index contributed by atoms with van der Waals surface area (Å²) >= 11 is 7.75. The molecular formula is C21H23ClFN3S. The van der Waals surface area contributed by atoms with E-state index >= 15 is 0 Å². The first kappa shape index (κ1) is 18.8. The number of fused-ring (bicyclic) bond motifs is 1. The van der Waals surface area contributed by atoms with Crippen LogP contribution in [0.3, 0.4) is 0 Å². The Morgan fingerprint density at radius 2 is 1.81 bits per heavy atom. The van der Waals surface area contributed by atoms with Crippen molar-refractivity contribution in [3.05, 3.63) is 64.6 Å². The molecule has 0 unspecified atom stereocenters. The molecule has 1 aliphatic heterocycles. The molecule has 0 amide bonds.